The van der Waals surface area contributed by atoms with Crippen molar-refractivity contribution in [2.24, 2.45) is 0 Å². The monoisotopic (exact) mass is 491 g/mol. The van der Waals surface area contributed by atoms with Crippen LogP contribution in [0.2, 0.25) is 5.02 Å². The van der Waals surface area contributed by atoms with Crippen LogP contribution in [0.5, 0.6) is 0 Å². The number of amides is 2. The van der Waals surface area contributed by atoms with E-state index in [2.05, 4.69) is 10.6 Å². The van der Waals surface area contributed by atoms with Crippen molar-refractivity contribution in [2.75, 3.05) is 15.9 Å². The van der Waals surface area contributed by atoms with Crippen LogP contribution in [-0.4, -0.2) is 38.6 Å². The second-order valence-electron chi connectivity index (χ2n) is 8.31. The second kappa shape index (κ2) is 11.0. The van der Waals surface area contributed by atoms with Crippen LogP contribution in [0.3, 0.4) is 0 Å². The van der Waals surface area contributed by atoms with Crippen LogP contribution in [0.25, 0.3) is 0 Å². The molecule has 0 unspecified atom stereocenters. The zero-order valence-electron chi connectivity index (χ0n) is 18.9. The first kappa shape index (κ1) is 25.1. The molecular weight excluding hydrogens is 462 g/mol. The van der Waals surface area contributed by atoms with Gasteiger partial charge in [-0.1, -0.05) is 56.0 Å². The first-order chi connectivity index (χ1) is 15.7. The summed E-state index contributed by atoms with van der Waals surface area (Å²) in [5, 5.41) is 6.20. The van der Waals surface area contributed by atoms with Crippen LogP contribution in [0.1, 0.15) is 55.8 Å². The number of hydrogen-bond acceptors (Lipinski definition) is 4. The van der Waals surface area contributed by atoms with E-state index in [1.807, 2.05) is 0 Å². The van der Waals surface area contributed by atoms with Gasteiger partial charge in [-0.2, -0.15) is 0 Å². The molecule has 0 bridgehead atoms. The number of halogens is 1. The number of benzene rings is 2. The maximum Gasteiger partial charge on any atom is 0.253 e. The highest BCUT2D eigenvalue weighted by atomic mass is 35.5. The smallest absolute Gasteiger partial charge is 0.253 e. The number of hydrogen-bond donors (Lipinski definition) is 2. The molecule has 0 saturated heterocycles. The Morgan fingerprint density at radius 2 is 1.79 bits per heavy atom. The molecule has 178 valence electrons. The highest BCUT2D eigenvalue weighted by molar-refractivity contribution is 7.92. The summed E-state index contributed by atoms with van der Waals surface area (Å²) in [7, 11) is -3.79. The normalized spacial score (nSPS) is 15.5. The third kappa shape index (κ3) is 6.48. The van der Waals surface area contributed by atoms with Crippen molar-refractivity contribution in [2.45, 2.75) is 57.5 Å². The van der Waals surface area contributed by atoms with E-state index >= 15 is 0 Å². The molecule has 0 aliphatic heterocycles. The van der Waals surface area contributed by atoms with E-state index < -0.39 is 22.0 Å². The maximum absolute atomic E-state index is 13.3. The van der Waals surface area contributed by atoms with Crippen molar-refractivity contribution in [3.63, 3.8) is 0 Å². The Hall–Kier alpha value is -2.58. The molecule has 3 rings (SSSR count). The average molecular weight is 492 g/mol. The van der Waals surface area contributed by atoms with Gasteiger partial charge >= 0.3 is 0 Å². The topological polar surface area (TPSA) is 95.6 Å². The largest absolute Gasteiger partial charge is 0.349 e. The summed E-state index contributed by atoms with van der Waals surface area (Å²) in [6.45, 7) is 1.73. The Morgan fingerprint density at radius 3 is 2.42 bits per heavy atom. The summed E-state index contributed by atoms with van der Waals surface area (Å²) >= 11 is 6.07. The fraction of sp³-hybridized carbons (Fsp3) is 0.417. The van der Waals surface area contributed by atoms with Crippen molar-refractivity contribution in [1.82, 2.24) is 5.32 Å². The summed E-state index contributed by atoms with van der Waals surface area (Å²) in [5.41, 5.74) is 0.990. The van der Waals surface area contributed by atoms with Gasteiger partial charge in [-0.05, 0) is 49.6 Å². The molecule has 1 aliphatic rings. The molecule has 0 heterocycles. The van der Waals surface area contributed by atoms with Crippen molar-refractivity contribution in [3.8, 4) is 0 Å². The third-order valence-corrected chi connectivity index (χ3v) is 7.18. The molecule has 0 radical (unpaired) electrons. The number of anilines is 2. The number of rotatable bonds is 8. The highest BCUT2D eigenvalue weighted by Gasteiger charge is 2.32. The summed E-state index contributed by atoms with van der Waals surface area (Å²) in [5.74, 6) is -0.776. The first-order valence-electron chi connectivity index (χ1n) is 11.2. The summed E-state index contributed by atoms with van der Waals surface area (Å²) in [6.07, 6.45) is 6.53. The number of nitrogens with zero attached hydrogens (tertiary/aromatic N) is 1. The molecule has 1 atom stereocenters. The highest BCUT2D eigenvalue weighted by Crippen LogP contribution is 2.27. The van der Waals surface area contributed by atoms with Crippen molar-refractivity contribution in [1.29, 1.82) is 0 Å². The standard InChI is InChI=1S/C24H30ClN3O4S/c1-3-22(28(33(2,31)32)19-13-9-10-17(25)16-19)24(30)27-21-15-8-7-14-20(21)23(29)26-18-11-5-4-6-12-18/h7-10,13-16,18,22H,3-6,11-12H2,1-2H3,(H,26,29)(H,27,30)/t22-/m1/s1. The molecule has 2 amide bonds. The van der Waals surface area contributed by atoms with E-state index in [4.69, 9.17) is 11.6 Å². The number of sulfonamides is 1. The van der Waals surface area contributed by atoms with Crippen LogP contribution in [0.15, 0.2) is 48.5 Å². The Balaban J connectivity index is 1.85. The Labute approximate surface area is 200 Å². The van der Waals surface area contributed by atoms with E-state index in [1.165, 1.54) is 12.5 Å². The van der Waals surface area contributed by atoms with Gasteiger partial charge < -0.3 is 10.6 Å². The lowest BCUT2D eigenvalue weighted by Crippen LogP contribution is -2.47. The quantitative estimate of drug-likeness (QED) is 0.564. The van der Waals surface area contributed by atoms with Crippen LogP contribution in [-0.2, 0) is 14.8 Å². The Morgan fingerprint density at radius 1 is 1.09 bits per heavy atom. The van der Waals surface area contributed by atoms with Crippen LogP contribution in [0, 0.1) is 0 Å². The number of carbonyl (C=O) groups excluding carboxylic acids is 2. The van der Waals surface area contributed by atoms with Crippen molar-refractivity contribution < 1.29 is 18.0 Å². The Bertz CT molecular complexity index is 1100. The molecule has 0 aromatic heterocycles. The van der Waals surface area contributed by atoms with Crippen molar-refractivity contribution in [3.05, 3.63) is 59.1 Å². The van der Waals surface area contributed by atoms with Crippen LogP contribution >= 0.6 is 11.6 Å². The molecule has 1 aliphatic carbocycles. The fourth-order valence-electron chi connectivity index (χ4n) is 4.19. The molecule has 9 heteroatoms. The molecule has 1 fully saturated rings. The van der Waals surface area contributed by atoms with Gasteiger partial charge in [0, 0.05) is 11.1 Å². The Kier molecular flexibility index (Phi) is 8.37. The van der Waals surface area contributed by atoms with E-state index in [0.29, 0.717) is 22.0 Å². The van der Waals surface area contributed by atoms with E-state index in [1.54, 1.807) is 49.4 Å². The van der Waals surface area contributed by atoms with Crippen LogP contribution in [0.4, 0.5) is 11.4 Å². The van der Waals surface area contributed by atoms with Gasteiger partial charge in [-0.15, -0.1) is 0 Å². The SMILES string of the molecule is CC[C@H](C(=O)Nc1ccccc1C(=O)NC1CCCCC1)N(c1cccc(Cl)c1)S(C)(=O)=O. The molecule has 2 aromatic carbocycles. The summed E-state index contributed by atoms with van der Waals surface area (Å²) < 4.78 is 26.3. The van der Waals surface area contributed by atoms with Gasteiger partial charge in [0.15, 0.2) is 0 Å². The summed E-state index contributed by atoms with van der Waals surface area (Å²) in [4.78, 5) is 26.2. The third-order valence-electron chi connectivity index (χ3n) is 5.76. The van der Waals surface area contributed by atoms with E-state index in [9.17, 15) is 18.0 Å². The van der Waals surface area contributed by atoms with Crippen molar-refractivity contribution >= 4 is 44.8 Å². The van der Waals surface area contributed by atoms with E-state index in [0.717, 1.165) is 36.2 Å². The lowest BCUT2D eigenvalue weighted by atomic mass is 9.95. The van der Waals surface area contributed by atoms with Gasteiger partial charge in [-0.25, -0.2) is 8.42 Å². The number of para-hydroxylation sites is 1. The van der Waals surface area contributed by atoms with Gasteiger partial charge in [0.2, 0.25) is 15.9 Å². The fourth-order valence-corrected chi connectivity index (χ4v) is 5.58. The van der Waals surface area contributed by atoms with E-state index in [-0.39, 0.29) is 18.4 Å². The first-order valence-corrected chi connectivity index (χ1v) is 13.4. The minimum absolute atomic E-state index is 0.127. The summed E-state index contributed by atoms with van der Waals surface area (Å²) in [6, 6.07) is 12.2. The zero-order chi connectivity index (χ0) is 24.0. The molecule has 33 heavy (non-hydrogen) atoms. The van der Waals surface area contributed by atoms with Gasteiger partial charge in [-0.3, -0.25) is 13.9 Å². The van der Waals surface area contributed by atoms with Gasteiger partial charge in [0.05, 0.1) is 23.2 Å². The van der Waals surface area contributed by atoms with Gasteiger partial charge in [0.1, 0.15) is 6.04 Å². The predicted molar refractivity (Wildman–Crippen MR) is 132 cm³/mol. The minimum Gasteiger partial charge on any atom is -0.349 e. The molecule has 2 N–H and O–H groups in total. The molecule has 7 nitrogen and oxygen atoms in total. The number of nitrogens with one attached hydrogen (secondary N) is 2. The molecule has 1 saturated carbocycles. The predicted octanol–water partition coefficient (Wildman–Crippen LogP) is 4.59. The molecule has 2 aromatic rings. The lowest BCUT2D eigenvalue weighted by Gasteiger charge is -2.30. The minimum atomic E-state index is -3.79. The second-order valence-corrected chi connectivity index (χ2v) is 10.6. The zero-order valence-corrected chi connectivity index (χ0v) is 20.5. The average Bonchev–Trinajstić information content (AvgIpc) is 2.77. The van der Waals surface area contributed by atoms with Crippen LogP contribution < -0.4 is 14.9 Å². The molecule has 0 spiro atoms. The number of carbonyl (C=O) groups is 2. The lowest BCUT2D eigenvalue weighted by molar-refractivity contribution is -0.117. The van der Waals surface area contributed by atoms with Gasteiger partial charge in [0.25, 0.3) is 5.91 Å². The maximum atomic E-state index is 13.3. The molecular formula is C24H30ClN3O4S.